The zero-order chi connectivity index (χ0) is 15.8. The summed E-state index contributed by atoms with van der Waals surface area (Å²) in [6.07, 6.45) is 0. The van der Waals surface area contributed by atoms with E-state index < -0.39 is 23.8 Å². The second-order valence-corrected chi connectivity index (χ2v) is 7.14. The summed E-state index contributed by atoms with van der Waals surface area (Å²) in [5.74, 6) is -3.78. The highest BCUT2D eigenvalue weighted by molar-refractivity contribution is 5.34. The van der Waals surface area contributed by atoms with Crippen LogP contribution < -0.4 is 4.74 Å². The monoisotopic (exact) mass is 288 g/mol. The fourth-order valence-electron chi connectivity index (χ4n) is 1.47. The molecule has 0 radical (unpaired) electrons. The minimum Gasteiger partial charge on any atom is -0.484 e. The molecule has 0 amide bonds. The topological polar surface area (TPSA) is 9.23 Å². The lowest BCUT2D eigenvalue weighted by Crippen LogP contribution is -2.39. The van der Waals surface area contributed by atoms with Gasteiger partial charge in [0.25, 0.3) is 5.92 Å². The van der Waals surface area contributed by atoms with Crippen molar-refractivity contribution in [3.63, 3.8) is 0 Å². The van der Waals surface area contributed by atoms with Gasteiger partial charge in [0.1, 0.15) is 0 Å². The lowest BCUT2D eigenvalue weighted by molar-refractivity contribution is -0.123. The molecule has 0 atom stereocenters. The predicted octanol–water partition coefficient (Wildman–Crippen LogP) is 5.18. The van der Waals surface area contributed by atoms with Gasteiger partial charge in [-0.05, 0) is 23.1 Å². The third-order valence-corrected chi connectivity index (χ3v) is 3.30. The molecule has 114 valence electrons. The lowest BCUT2D eigenvalue weighted by Gasteiger charge is -2.30. The molecule has 1 nitrogen and oxygen atoms in total. The number of hydrogen-bond donors (Lipinski definition) is 0. The van der Waals surface area contributed by atoms with Crippen LogP contribution in [-0.4, -0.2) is 12.5 Å². The van der Waals surface area contributed by atoms with Gasteiger partial charge in [0.15, 0.2) is 18.2 Å². The molecule has 0 unspecified atom stereocenters. The summed E-state index contributed by atoms with van der Waals surface area (Å²) >= 11 is 0. The van der Waals surface area contributed by atoms with Gasteiger partial charge in [-0.2, -0.15) is 0 Å². The molecule has 0 bridgehead atoms. The Balaban J connectivity index is 2.94. The molecule has 0 heterocycles. The van der Waals surface area contributed by atoms with E-state index in [1.807, 2.05) is 20.8 Å². The molecule has 0 aromatic heterocycles. The Hall–Kier alpha value is -1.19. The van der Waals surface area contributed by atoms with Gasteiger partial charge in [-0.15, -0.1) is 0 Å². The summed E-state index contributed by atoms with van der Waals surface area (Å²) in [7, 11) is 0. The molecular formula is C16H23F3O. The van der Waals surface area contributed by atoms with Crippen LogP contribution in [0.25, 0.3) is 0 Å². The van der Waals surface area contributed by atoms with Crippen LogP contribution in [0.15, 0.2) is 18.2 Å². The van der Waals surface area contributed by atoms with Gasteiger partial charge < -0.3 is 4.74 Å². The maximum atomic E-state index is 13.8. The summed E-state index contributed by atoms with van der Waals surface area (Å²) in [5, 5.41) is 0. The highest BCUT2D eigenvalue weighted by Gasteiger charge is 2.44. The van der Waals surface area contributed by atoms with Gasteiger partial charge >= 0.3 is 0 Å². The molecule has 1 rings (SSSR count). The van der Waals surface area contributed by atoms with E-state index in [0.29, 0.717) is 0 Å². The largest absolute Gasteiger partial charge is 0.484 e. The van der Waals surface area contributed by atoms with Crippen molar-refractivity contribution in [2.45, 2.75) is 52.9 Å². The van der Waals surface area contributed by atoms with Crippen molar-refractivity contribution < 1.29 is 17.9 Å². The first kappa shape index (κ1) is 16.9. The van der Waals surface area contributed by atoms with Crippen molar-refractivity contribution in [1.29, 1.82) is 0 Å². The van der Waals surface area contributed by atoms with Crippen LogP contribution in [0.1, 0.15) is 47.1 Å². The summed E-state index contributed by atoms with van der Waals surface area (Å²) in [6, 6.07) is 4.39. The zero-order valence-corrected chi connectivity index (χ0v) is 13.0. The number of alkyl halides is 2. The quantitative estimate of drug-likeness (QED) is 0.744. The van der Waals surface area contributed by atoms with Crippen LogP contribution in [0.4, 0.5) is 13.2 Å². The van der Waals surface area contributed by atoms with Crippen molar-refractivity contribution in [2.24, 2.45) is 5.41 Å². The molecule has 0 N–H and O–H groups in total. The van der Waals surface area contributed by atoms with E-state index in [9.17, 15) is 13.2 Å². The third kappa shape index (κ3) is 3.90. The van der Waals surface area contributed by atoms with Crippen LogP contribution in [-0.2, 0) is 5.41 Å². The number of rotatable bonds is 3. The second kappa shape index (κ2) is 5.30. The average molecular weight is 288 g/mol. The lowest BCUT2D eigenvalue weighted by atomic mass is 9.87. The van der Waals surface area contributed by atoms with Crippen LogP contribution in [0.2, 0.25) is 0 Å². The Labute approximate surface area is 119 Å². The Morgan fingerprint density at radius 1 is 1.00 bits per heavy atom. The third-order valence-electron chi connectivity index (χ3n) is 3.30. The normalized spacial score (nSPS) is 13.4. The van der Waals surface area contributed by atoms with Crippen molar-refractivity contribution >= 4 is 0 Å². The Morgan fingerprint density at radius 2 is 1.55 bits per heavy atom. The van der Waals surface area contributed by atoms with Gasteiger partial charge in [-0.1, -0.05) is 47.6 Å². The number of ether oxygens (including phenoxy) is 1. The fourth-order valence-corrected chi connectivity index (χ4v) is 1.47. The summed E-state index contributed by atoms with van der Waals surface area (Å²) in [4.78, 5) is 0. The molecular weight excluding hydrogens is 265 g/mol. The van der Waals surface area contributed by atoms with E-state index in [1.165, 1.54) is 32.9 Å². The zero-order valence-electron chi connectivity index (χ0n) is 13.0. The standard InChI is InChI=1S/C16H23F3O/c1-14(2,3)11-7-8-12(17)13(9-11)20-10-16(18,19)15(4,5)6/h7-9H,10H2,1-6H3. The first-order valence-corrected chi connectivity index (χ1v) is 6.65. The number of benzene rings is 1. The van der Waals surface area contributed by atoms with Crippen LogP contribution >= 0.6 is 0 Å². The molecule has 1 aromatic carbocycles. The molecule has 0 spiro atoms. The minimum atomic E-state index is -3.03. The Bertz CT molecular complexity index is 468. The van der Waals surface area contributed by atoms with Crippen LogP contribution in [0.3, 0.4) is 0 Å². The van der Waals surface area contributed by atoms with Gasteiger partial charge in [0, 0.05) is 5.41 Å². The minimum absolute atomic E-state index is 0.124. The van der Waals surface area contributed by atoms with E-state index >= 15 is 0 Å². The van der Waals surface area contributed by atoms with Crippen LogP contribution in [0.5, 0.6) is 5.75 Å². The van der Waals surface area contributed by atoms with Gasteiger partial charge in [0.2, 0.25) is 0 Å². The van der Waals surface area contributed by atoms with Gasteiger partial charge in [-0.25, -0.2) is 13.2 Å². The molecule has 0 fully saturated rings. The SMILES string of the molecule is CC(C)(C)c1ccc(F)c(OCC(F)(F)C(C)(C)C)c1. The maximum Gasteiger partial charge on any atom is 0.286 e. The van der Waals surface area contributed by atoms with E-state index in [-0.39, 0.29) is 11.2 Å². The molecule has 0 aliphatic rings. The van der Waals surface area contributed by atoms with Gasteiger partial charge in [0.05, 0.1) is 0 Å². The van der Waals surface area contributed by atoms with Crippen molar-refractivity contribution in [2.75, 3.05) is 6.61 Å². The van der Waals surface area contributed by atoms with Crippen molar-refractivity contribution in [3.05, 3.63) is 29.6 Å². The molecule has 0 saturated heterocycles. The highest BCUT2D eigenvalue weighted by atomic mass is 19.3. The van der Waals surface area contributed by atoms with E-state index in [0.717, 1.165) is 5.56 Å². The Morgan fingerprint density at radius 3 is 2.00 bits per heavy atom. The molecule has 0 saturated carbocycles. The molecule has 1 aromatic rings. The predicted molar refractivity (Wildman–Crippen MR) is 75.0 cm³/mol. The molecule has 20 heavy (non-hydrogen) atoms. The Kier molecular flexibility index (Phi) is 4.47. The fraction of sp³-hybridized carbons (Fsp3) is 0.625. The summed E-state index contributed by atoms with van der Waals surface area (Å²) in [6.45, 7) is 9.35. The second-order valence-electron chi connectivity index (χ2n) is 7.14. The maximum absolute atomic E-state index is 13.8. The highest BCUT2D eigenvalue weighted by Crippen LogP contribution is 2.36. The molecule has 4 heteroatoms. The first-order valence-electron chi connectivity index (χ1n) is 6.65. The number of halogens is 3. The van der Waals surface area contributed by atoms with Gasteiger partial charge in [-0.3, -0.25) is 0 Å². The van der Waals surface area contributed by atoms with E-state index in [4.69, 9.17) is 4.74 Å². The van der Waals surface area contributed by atoms with Crippen molar-refractivity contribution in [1.82, 2.24) is 0 Å². The molecule has 0 aliphatic heterocycles. The first-order chi connectivity index (χ1) is 8.84. The van der Waals surface area contributed by atoms with E-state index in [2.05, 4.69) is 0 Å². The van der Waals surface area contributed by atoms with Crippen molar-refractivity contribution in [3.8, 4) is 5.75 Å². The number of hydrogen-bond acceptors (Lipinski definition) is 1. The average Bonchev–Trinajstić information content (AvgIpc) is 2.24. The summed E-state index contributed by atoms with van der Waals surface area (Å²) < 4.78 is 46.4. The van der Waals surface area contributed by atoms with Crippen LogP contribution in [0, 0.1) is 11.2 Å². The van der Waals surface area contributed by atoms with E-state index in [1.54, 1.807) is 6.07 Å². The summed E-state index contributed by atoms with van der Waals surface area (Å²) in [5.41, 5.74) is -0.586. The smallest absolute Gasteiger partial charge is 0.286 e. The molecule has 0 aliphatic carbocycles.